The number of H-pyrrole nitrogens is 1. The largest absolute Gasteiger partial charge is 0.573 e. The zero-order chi connectivity index (χ0) is 29.4. The van der Waals surface area contributed by atoms with E-state index in [9.17, 15) is 31.2 Å². The van der Waals surface area contributed by atoms with Crippen LogP contribution in [0.4, 0.5) is 18.3 Å². The normalized spacial score (nSPS) is 16.6. The van der Waals surface area contributed by atoms with Crippen molar-refractivity contribution in [1.29, 1.82) is 0 Å². The van der Waals surface area contributed by atoms with Crippen LogP contribution in [0.25, 0.3) is 10.2 Å². The highest BCUT2D eigenvalue weighted by atomic mass is 79.9. The number of sulfonamides is 1. The molecule has 0 saturated carbocycles. The van der Waals surface area contributed by atoms with E-state index in [1.807, 2.05) is 0 Å². The molecule has 0 unspecified atom stereocenters. The van der Waals surface area contributed by atoms with Gasteiger partial charge in [0, 0.05) is 30.7 Å². The van der Waals surface area contributed by atoms with Gasteiger partial charge in [-0.25, -0.2) is 18.5 Å². The zero-order valence-electron chi connectivity index (χ0n) is 20.8. The van der Waals surface area contributed by atoms with E-state index in [4.69, 9.17) is 0 Å². The summed E-state index contributed by atoms with van der Waals surface area (Å²) in [5, 5.41) is 9.20. The summed E-state index contributed by atoms with van der Waals surface area (Å²) in [5.41, 5.74) is 0.432. The Labute approximate surface area is 243 Å². The van der Waals surface area contributed by atoms with E-state index in [2.05, 4.69) is 41.2 Å². The highest BCUT2D eigenvalue weighted by Gasteiger charge is 2.41. The topological polar surface area (TPSA) is 138 Å². The molecule has 0 radical (unpaired) electrons. The van der Waals surface area contributed by atoms with Crippen molar-refractivity contribution >= 4 is 58.5 Å². The van der Waals surface area contributed by atoms with Crippen LogP contribution in [0.15, 0.2) is 68.9 Å². The second-order valence-corrected chi connectivity index (χ2v) is 12.6. The smallest absolute Gasteiger partial charge is 0.406 e. The van der Waals surface area contributed by atoms with Gasteiger partial charge in [-0.1, -0.05) is 39.4 Å². The Balaban J connectivity index is 1.39. The number of thiazole rings is 1. The van der Waals surface area contributed by atoms with Crippen molar-refractivity contribution in [2.24, 2.45) is 0 Å². The third kappa shape index (κ3) is 6.52. The van der Waals surface area contributed by atoms with E-state index in [0.29, 0.717) is 25.4 Å². The maximum atomic E-state index is 13.6. The van der Waals surface area contributed by atoms with Crippen LogP contribution < -0.4 is 20.5 Å². The number of aromatic amines is 1. The van der Waals surface area contributed by atoms with Crippen LogP contribution in [0.2, 0.25) is 0 Å². The summed E-state index contributed by atoms with van der Waals surface area (Å²) in [7, 11) is -4.10. The molecule has 1 aliphatic heterocycles. The maximum Gasteiger partial charge on any atom is 0.573 e. The lowest BCUT2D eigenvalue weighted by molar-refractivity contribution is -0.274. The summed E-state index contributed by atoms with van der Waals surface area (Å²) in [6.45, 7) is 0.0109. The van der Waals surface area contributed by atoms with Crippen molar-refractivity contribution in [3.8, 4) is 5.75 Å². The molecule has 0 spiro atoms. The molecule has 0 aliphatic carbocycles. The minimum absolute atomic E-state index is 0.00444. The molecule has 11 nitrogen and oxygen atoms in total. The molecule has 1 fully saturated rings. The van der Waals surface area contributed by atoms with Crippen LogP contribution in [-0.4, -0.2) is 65.9 Å². The number of aromatic nitrogens is 3. The van der Waals surface area contributed by atoms with Crippen LogP contribution in [0.3, 0.4) is 0 Å². The average Bonchev–Trinajstić information content (AvgIpc) is 3.37. The third-order valence-corrected chi connectivity index (χ3v) is 9.73. The lowest BCUT2D eigenvalue weighted by atomic mass is 10.1. The minimum atomic E-state index is -4.83. The van der Waals surface area contributed by atoms with Gasteiger partial charge in [-0.2, -0.15) is 9.40 Å². The van der Waals surface area contributed by atoms with E-state index >= 15 is 0 Å². The van der Waals surface area contributed by atoms with E-state index in [1.165, 1.54) is 30.5 Å². The minimum Gasteiger partial charge on any atom is -0.406 e. The van der Waals surface area contributed by atoms with Crippen molar-refractivity contribution < 1.29 is 31.1 Å². The number of carbonyl (C=O) groups is 1. The lowest BCUT2D eigenvalue weighted by Gasteiger charge is -2.39. The zero-order valence-corrected chi connectivity index (χ0v) is 24.0. The van der Waals surface area contributed by atoms with E-state index in [-0.39, 0.29) is 31.1 Å². The van der Waals surface area contributed by atoms with Crippen molar-refractivity contribution in [1.82, 2.24) is 24.8 Å². The number of ether oxygens (including phenoxy) is 1. The van der Waals surface area contributed by atoms with Crippen LogP contribution in [0, 0.1) is 0 Å². The molecule has 2 N–H and O–H groups in total. The summed E-state index contributed by atoms with van der Waals surface area (Å²) in [6, 6.07) is 9.78. The van der Waals surface area contributed by atoms with Crippen LogP contribution in [0.1, 0.15) is 5.56 Å². The number of alkyl halides is 3. The number of piperazine rings is 1. The third-order valence-electron chi connectivity index (χ3n) is 6.15. The number of amides is 1. The molecular formula is C24H20BrF3N6O5S2. The molecule has 4 aromatic rings. The predicted molar refractivity (Wildman–Crippen MR) is 147 cm³/mol. The maximum absolute atomic E-state index is 13.6. The quantitative estimate of drug-likeness (QED) is 0.305. The predicted octanol–water partition coefficient (Wildman–Crippen LogP) is 3.24. The lowest BCUT2D eigenvalue weighted by Crippen LogP contribution is -2.60. The van der Waals surface area contributed by atoms with Crippen molar-refractivity contribution in [3.63, 3.8) is 0 Å². The van der Waals surface area contributed by atoms with Gasteiger partial charge in [0.15, 0.2) is 5.13 Å². The molecule has 2 aromatic carbocycles. The summed E-state index contributed by atoms with van der Waals surface area (Å²) >= 11 is 4.38. The number of benzene rings is 2. The van der Waals surface area contributed by atoms with Gasteiger partial charge in [-0.15, -0.1) is 13.2 Å². The van der Waals surface area contributed by atoms with Gasteiger partial charge < -0.3 is 15.0 Å². The number of anilines is 1. The monoisotopic (exact) mass is 672 g/mol. The summed E-state index contributed by atoms with van der Waals surface area (Å²) in [5.74, 6) is -1.03. The Hall–Kier alpha value is -3.54. The fourth-order valence-corrected chi connectivity index (χ4v) is 7.01. The summed E-state index contributed by atoms with van der Waals surface area (Å²) in [6.07, 6.45) is -3.43. The highest BCUT2D eigenvalue weighted by Crippen LogP contribution is 2.30. The Bertz CT molecular complexity index is 1730. The first-order chi connectivity index (χ1) is 19.4. The Morgan fingerprint density at radius 1 is 1.15 bits per heavy atom. The molecule has 5 rings (SSSR count). The molecular weight excluding hydrogens is 653 g/mol. The molecule has 17 heteroatoms. The van der Waals surface area contributed by atoms with E-state index < -0.39 is 39.6 Å². The molecule has 41 heavy (non-hydrogen) atoms. The number of carbonyl (C=O) groups excluding carboxylic acids is 1. The van der Waals surface area contributed by atoms with Crippen molar-refractivity contribution in [2.45, 2.75) is 23.8 Å². The van der Waals surface area contributed by atoms with E-state index in [0.717, 1.165) is 27.8 Å². The average molecular weight is 673 g/mol. The number of nitrogens with zero attached hydrogens (tertiary/aromatic N) is 4. The molecule has 1 atom stereocenters. The standard InChI is InChI=1S/C24H20BrF3N6O5S2/c25-15-3-7-17(8-4-15)41(37,38)34-10-9-33(23-31-18-12-30-32-22(36)20(18)40-23)13-19(34)21(35)29-11-14-1-5-16(6-2-14)39-24(26,27)28/h1-8,12,19H,9-11,13H2,(H,29,35)(H,32,36)/t19-/m1/s1. The molecule has 216 valence electrons. The number of fused-ring (bicyclic) bond motifs is 1. The Morgan fingerprint density at radius 2 is 1.85 bits per heavy atom. The molecule has 0 bridgehead atoms. The second-order valence-electron chi connectivity index (χ2n) is 8.85. The first-order valence-electron chi connectivity index (χ1n) is 11.9. The van der Waals surface area contributed by atoms with Gasteiger partial charge in [0.05, 0.1) is 11.1 Å². The Kier molecular flexibility index (Phi) is 8.04. The van der Waals surface area contributed by atoms with Gasteiger partial charge in [-0.3, -0.25) is 9.59 Å². The Morgan fingerprint density at radius 3 is 2.51 bits per heavy atom. The van der Waals surface area contributed by atoms with Crippen molar-refractivity contribution in [3.05, 3.63) is 75.1 Å². The van der Waals surface area contributed by atoms with E-state index in [1.54, 1.807) is 17.0 Å². The molecule has 1 saturated heterocycles. The second kappa shape index (κ2) is 11.4. The molecule has 2 aromatic heterocycles. The molecule has 1 amide bonds. The molecule has 3 heterocycles. The summed E-state index contributed by atoms with van der Waals surface area (Å²) < 4.78 is 70.6. The van der Waals surface area contributed by atoms with Gasteiger partial charge >= 0.3 is 6.36 Å². The van der Waals surface area contributed by atoms with Crippen LogP contribution >= 0.6 is 27.3 Å². The number of hydrogen-bond acceptors (Lipinski definition) is 9. The number of rotatable bonds is 7. The van der Waals surface area contributed by atoms with Gasteiger partial charge in [0.25, 0.3) is 5.56 Å². The first-order valence-corrected chi connectivity index (χ1v) is 14.9. The van der Waals surface area contributed by atoms with Gasteiger partial charge in [0.2, 0.25) is 15.9 Å². The van der Waals surface area contributed by atoms with Gasteiger partial charge in [-0.05, 0) is 42.0 Å². The van der Waals surface area contributed by atoms with Crippen molar-refractivity contribution in [2.75, 3.05) is 24.5 Å². The number of nitrogens with one attached hydrogen (secondary N) is 2. The number of halogens is 4. The molecule has 1 aliphatic rings. The fourth-order valence-electron chi connectivity index (χ4n) is 4.21. The SMILES string of the molecule is O=C(NCc1ccc(OC(F)(F)F)cc1)[C@H]1CN(c2nc3cn[nH]c(=O)c3s2)CCN1S(=O)(=O)c1ccc(Br)cc1. The highest BCUT2D eigenvalue weighted by molar-refractivity contribution is 9.10. The first kappa shape index (κ1) is 29.0. The van der Waals surface area contributed by atoms with Gasteiger partial charge in [0.1, 0.15) is 22.0 Å². The fraction of sp³-hybridized carbons (Fsp3) is 0.250. The van der Waals surface area contributed by atoms with Crippen LogP contribution in [0.5, 0.6) is 5.75 Å². The summed E-state index contributed by atoms with van der Waals surface area (Å²) in [4.78, 5) is 31.8. The van der Waals surface area contributed by atoms with Crippen LogP contribution in [-0.2, 0) is 21.4 Å². The number of hydrogen-bond donors (Lipinski definition) is 2.